The minimum atomic E-state index is -3.56. The summed E-state index contributed by atoms with van der Waals surface area (Å²) in [6.45, 7) is 0.452. The molecule has 1 aliphatic heterocycles. The first-order valence-electron chi connectivity index (χ1n) is 6.15. The van der Waals surface area contributed by atoms with E-state index in [2.05, 4.69) is 4.72 Å². The van der Waals surface area contributed by atoms with E-state index in [1.54, 1.807) is 0 Å². The molecule has 3 N–H and O–H groups in total. The highest BCUT2D eigenvalue weighted by molar-refractivity contribution is 8.00. The highest BCUT2D eigenvalue weighted by Gasteiger charge is 2.21. The minimum Gasteiger partial charge on any atom is -0.399 e. The lowest BCUT2D eigenvalue weighted by Crippen LogP contribution is -2.32. The van der Waals surface area contributed by atoms with Crippen molar-refractivity contribution in [1.82, 2.24) is 4.72 Å². The van der Waals surface area contributed by atoms with E-state index in [0.29, 0.717) is 17.5 Å². The van der Waals surface area contributed by atoms with E-state index in [9.17, 15) is 8.42 Å². The molecule has 0 aromatic heterocycles. The van der Waals surface area contributed by atoms with Crippen molar-refractivity contribution in [1.29, 1.82) is 0 Å². The number of sulfonamides is 1. The Bertz CT molecular complexity index is 543. The summed E-state index contributed by atoms with van der Waals surface area (Å²) in [6.07, 6.45) is 3.45. The fourth-order valence-corrected chi connectivity index (χ4v) is 4.96. The van der Waals surface area contributed by atoms with Gasteiger partial charge in [-0.1, -0.05) is 18.0 Å². The van der Waals surface area contributed by atoms with Crippen molar-refractivity contribution in [2.24, 2.45) is 0 Å². The van der Waals surface area contributed by atoms with Gasteiger partial charge < -0.3 is 5.73 Å². The first-order valence-corrected chi connectivity index (χ1v) is 9.06. The van der Waals surface area contributed by atoms with Crippen LogP contribution in [0.4, 0.5) is 5.69 Å². The van der Waals surface area contributed by atoms with Crippen molar-refractivity contribution in [2.45, 2.75) is 29.4 Å². The smallest absolute Gasteiger partial charge is 0.242 e. The third kappa shape index (κ3) is 4.02. The van der Waals surface area contributed by atoms with E-state index in [4.69, 9.17) is 17.3 Å². The molecule has 1 aliphatic rings. The number of thioether (sulfide) groups is 1. The largest absolute Gasteiger partial charge is 0.399 e. The van der Waals surface area contributed by atoms with Crippen LogP contribution in [0, 0.1) is 0 Å². The molecule has 1 fully saturated rings. The monoisotopic (exact) mass is 320 g/mol. The average Bonchev–Trinajstić information content (AvgIpc) is 2.37. The van der Waals surface area contributed by atoms with Crippen LogP contribution in [0.2, 0.25) is 5.02 Å². The first kappa shape index (κ1) is 15.0. The zero-order valence-corrected chi connectivity index (χ0v) is 12.8. The highest BCUT2D eigenvalue weighted by atomic mass is 35.5. The van der Waals surface area contributed by atoms with Crippen molar-refractivity contribution in [3.63, 3.8) is 0 Å². The summed E-state index contributed by atoms with van der Waals surface area (Å²) < 4.78 is 27.0. The number of nitrogens with one attached hydrogen (secondary N) is 1. The Balaban J connectivity index is 2.05. The van der Waals surface area contributed by atoms with Crippen molar-refractivity contribution in [3.05, 3.63) is 23.2 Å². The van der Waals surface area contributed by atoms with Gasteiger partial charge in [-0.05, 0) is 36.8 Å². The van der Waals surface area contributed by atoms with Gasteiger partial charge in [0.25, 0.3) is 0 Å². The summed E-state index contributed by atoms with van der Waals surface area (Å²) in [5.74, 6) is 1.11. The topological polar surface area (TPSA) is 72.2 Å². The second kappa shape index (κ2) is 6.35. The van der Waals surface area contributed by atoms with Crippen LogP contribution < -0.4 is 10.5 Å². The quantitative estimate of drug-likeness (QED) is 0.836. The molecular weight excluding hydrogens is 304 g/mol. The van der Waals surface area contributed by atoms with Gasteiger partial charge in [0.2, 0.25) is 10.0 Å². The molecule has 19 heavy (non-hydrogen) atoms. The predicted molar refractivity (Wildman–Crippen MR) is 81.1 cm³/mol. The molecule has 2 rings (SSSR count). The van der Waals surface area contributed by atoms with Crippen LogP contribution in [-0.2, 0) is 10.0 Å². The molecule has 0 spiro atoms. The minimum absolute atomic E-state index is 0.0872. The molecule has 0 radical (unpaired) electrons. The van der Waals surface area contributed by atoms with Crippen molar-refractivity contribution < 1.29 is 8.42 Å². The van der Waals surface area contributed by atoms with Gasteiger partial charge in [-0.2, -0.15) is 11.8 Å². The lowest BCUT2D eigenvalue weighted by molar-refractivity contribution is 0.574. The summed E-state index contributed by atoms with van der Waals surface area (Å²) in [6, 6.07) is 4.43. The Hall–Kier alpha value is -0.430. The molecule has 1 aromatic carbocycles. The lowest BCUT2D eigenvalue weighted by atomic mass is 10.2. The standard InChI is InChI=1S/C12H17ClN2O2S2/c13-11-7-9(14)4-5-12(11)19(16,17)15-8-10-3-1-2-6-18-10/h4-5,7,10,15H,1-3,6,8,14H2. The third-order valence-corrected chi connectivity index (χ3v) is 6.33. The third-order valence-electron chi connectivity index (χ3n) is 3.02. The Kier molecular flexibility index (Phi) is 5.00. The number of nitrogens with two attached hydrogens (primary N) is 1. The molecule has 1 atom stereocenters. The van der Waals surface area contributed by atoms with Crippen LogP contribution in [0.25, 0.3) is 0 Å². The molecule has 4 nitrogen and oxygen atoms in total. The van der Waals surface area contributed by atoms with Crippen LogP contribution in [0.1, 0.15) is 19.3 Å². The summed E-state index contributed by atoms with van der Waals surface area (Å²) >= 11 is 7.76. The Morgan fingerprint density at radius 2 is 2.21 bits per heavy atom. The van der Waals surface area contributed by atoms with E-state index in [-0.39, 0.29) is 9.92 Å². The van der Waals surface area contributed by atoms with Gasteiger partial charge in [0.1, 0.15) is 4.90 Å². The van der Waals surface area contributed by atoms with Crippen LogP contribution in [0.15, 0.2) is 23.1 Å². The van der Waals surface area contributed by atoms with E-state index in [1.165, 1.54) is 31.0 Å². The zero-order valence-electron chi connectivity index (χ0n) is 10.4. The van der Waals surface area contributed by atoms with Gasteiger partial charge in [0.15, 0.2) is 0 Å². The number of benzene rings is 1. The van der Waals surface area contributed by atoms with Gasteiger partial charge in [0, 0.05) is 17.5 Å². The summed E-state index contributed by atoms with van der Waals surface area (Å²) in [7, 11) is -3.56. The lowest BCUT2D eigenvalue weighted by Gasteiger charge is -2.21. The van der Waals surface area contributed by atoms with Gasteiger partial charge in [-0.25, -0.2) is 13.1 Å². The Morgan fingerprint density at radius 1 is 1.42 bits per heavy atom. The molecule has 1 unspecified atom stereocenters. The van der Waals surface area contributed by atoms with Crippen molar-refractivity contribution in [2.75, 3.05) is 18.0 Å². The molecule has 1 saturated heterocycles. The van der Waals surface area contributed by atoms with E-state index >= 15 is 0 Å². The highest BCUT2D eigenvalue weighted by Crippen LogP contribution is 2.26. The number of anilines is 1. The van der Waals surface area contributed by atoms with Crippen LogP contribution >= 0.6 is 23.4 Å². The van der Waals surface area contributed by atoms with Crippen LogP contribution in [0.3, 0.4) is 0 Å². The predicted octanol–water partition coefficient (Wildman–Crippen LogP) is 2.49. The molecular formula is C12H17ClN2O2S2. The summed E-state index contributed by atoms with van der Waals surface area (Å²) in [5.41, 5.74) is 6.01. The molecule has 7 heteroatoms. The number of hydrogen-bond acceptors (Lipinski definition) is 4. The van der Waals surface area contributed by atoms with Gasteiger partial charge in [-0.3, -0.25) is 0 Å². The maximum Gasteiger partial charge on any atom is 0.242 e. The maximum atomic E-state index is 12.2. The first-order chi connectivity index (χ1) is 8.99. The molecule has 106 valence electrons. The summed E-state index contributed by atoms with van der Waals surface area (Å²) in [5, 5.41) is 0.514. The normalized spacial score (nSPS) is 20.4. The zero-order chi connectivity index (χ0) is 13.9. The van der Waals surface area contributed by atoms with E-state index < -0.39 is 10.0 Å². The molecule has 0 aliphatic carbocycles. The fourth-order valence-electron chi connectivity index (χ4n) is 1.98. The summed E-state index contributed by atoms with van der Waals surface area (Å²) in [4.78, 5) is 0.0872. The number of halogens is 1. The van der Waals surface area contributed by atoms with Crippen molar-refractivity contribution >= 4 is 39.1 Å². The Morgan fingerprint density at radius 3 is 2.84 bits per heavy atom. The molecule has 1 aromatic rings. The molecule has 0 amide bonds. The van der Waals surface area contributed by atoms with Gasteiger partial charge in [-0.15, -0.1) is 0 Å². The average molecular weight is 321 g/mol. The fraction of sp³-hybridized carbons (Fsp3) is 0.500. The SMILES string of the molecule is Nc1ccc(S(=O)(=O)NCC2CCCCS2)c(Cl)c1. The second-order valence-corrected chi connectivity index (χ2v) is 8.08. The molecule has 1 heterocycles. The number of rotatable bonds is 4. The van der Waals surface area contributed by atoms with Gasteiger partial charge in [0.05, 0.1) is 5.02 Å². The van der Waals surface area contributed by atoms with E-state index in [1.807, 2.05) is 11.8 Å². The Labute approximate surface area is 123 Å². The van der Waals surface area contributed by atoms with Gasteiger partial charge >= 0.3 is 0 Å². The maximum absolute atomic E-state index is 12.2. The van der Waals surface area contributed by atoms with E-state index in [0.717, 1.165) is 12.2 Å². The van der Waals surface area contributed by atoms with Crippen LogP contribution in [0.5, 0.6) is 0 Å². The molecule has 0 saturated carbocycles. The second-order valence-electron chi connectivity index (χ2n) is 4.53. The number of nitrogen functional groups attached to an aromatic ring is 1. The molecule has 0 bridgehead atoms. The number of hydrogen-bond donors (Lipinski definition) is 2. The van der Waals surface area contributed by atoms with Crippen LogP contribution in [-0.4, -0.2) is 26.0 Å². The van der Waals surface area contributed by atoms with Crippen molar-refractivity contribution in [3.8, 4) is 0 Å².